The smallest absolute Gasteiger partial charge is 0.303 e. The van der Waals surface area contributed by atoms with E-state index in [0.717, 1.165) is 27.7 Å². The topological polar surface area (TPSA) is 135 Å². The first-order valence-corrected chi connectivity index (χ1v) is 7.10. The molecule has 1 aliphatic heterocycles. The minimum absolute atomic E-state index is 0.367. The highest BCUT2D eigenvalue weighted by molar-refractivity contribution is 5.69. The minimum Gasteiger partial charge on any atom is -0.456 e. The summed E-state index contributed by atoms with van der Waals surface area (Å²) < 4.78 is 25.2. The summed E-state index contributed by atoms with van der Waals surface area (Å²) in [5.74, 6) is -3.03. The largest absolute Gasteiger partial charge is 0.456 e. The molecule has 1 rings (SSSR count). The van der Waals surface area contributed by atoms with Gasteiger partial charge in [-0.25, -0.2) is 0 Å². The number of hydrogen-bond donors (Lipinski definition) is 1. The van der Waals surface area contributed by atoms with Gasteiger partial charge in [-0.15, -0.1) is 0 Å². The molecule has 1 aliphatic rings. The Bertz CT molecular complexity index is 502. The molecule has 0 radical (unpaired) electrons. The molecule has 1 heterocycles. The highest BCUT2D eigenvalue weighted by Crippen LogP contribution is 2.25. The molecule has 5 atom stereocenters. The average molecular weight is 348 g/mol. The van der Waals surface area contributed by atoms with Gasteiger partial charge in [-0.1, -0.05) is 0 Å². The summed E-state index contributed by atoms with van der Waals surface area (Å²) >= 11 is 0. The summed E-state index contributed by atoms with van der Waals surface area (Å²) in [4.78, 5) is 45.3. The number of aliphatic hydroxyl groups excluding tert-OH is 1. The van der Waals surface area contributed by atoms with E-state index in [1.54, 1.807) is 0 Å². The number of carbonyl (C=O) groups excluding carboxylic acids is 4. The molecule has 1 N–H and O–H groups in total. The van der Waals surface area contributed by atoms with E-state index in [-0.39, 0.29) is 6.61 Å². The van der Waals surface area contributed by atoms with Gasteiger partial charge in [-0.05, 0) is 0 Å². The lowest BCUT2D eigenvalue weighted by Crippen LogP contribution is -2.52. The molecule has 1 saturated heterocycles. The fourth-order valence-electron chi connectivity index (χ4n) is 2.24. The summed E-state index contributed by atoms with van der Waals surface area (Å²) in [6.45, 7) is 4.00. The van der Waals surface area contributed by atoms with Crippen LogP contribution in [0.25, 0.3) is 0 Å². The fraction of sp³-hybridized carbons (Fsp3) is 0.714. The van der Waals surface area contributed by atoms with E-state index in [1.807, 2.05) is 0 Å². The van der Waals surface area contributed by atoms with Crippen LogP contribution in [0.2, 0.25) is 0 Å². The van der Waals surface area contributed by atoms with E-state index in [0.29, 0.717) is 0 Å². The summed E-state index contributed by atoms with van der Waals surface area (Å²) in [6.07, 6.45) is -7.10. The van der Waals surface area contributed by atoms with Crippen LogP contribution < -0.4 is 0 Å². The van der Waals surface area contributed by atoms with Gasteiger partial charge in [0, 0.05) is 27.7 Å². The fourth-order valence-corrected chi connectivity index (χ4v) is 2.24. The van der Waals surface area contributed by atoms with Gasteiger partial charge in [0.1, 0.15) is 0 Å². The Morgan fingerprint density at radius 1 is 0.750 bits per heavy atom. The lowest BCUT2D eigenvalue weighted by atomic mass is 10.0. The second kappa shape index (κ2) is 8.60. The highest BCUT2D eigenvalue weighted by atomic mass is 16.7. The molecular weight excluding hydrogens is 328 g/mol. The molecule has 10 nitrogen and oxygen atoms in total. The van der Waals surface area contributed by atoms with Crippen LogP contribution in [0.5, 0.6) is 0 Å². The van der Waals surface area contributed by atoms with E-state index in [1.165, 1.54) is 0 Å². The van der Waals surface area contributed by atoms with Crippen molar-refractivity contribution in [1.29, 1.82) is 0 Å². The summed E-state index contributed by atoms with van der Waals surface area (Å²) in [5, 5.41) is 10.0. The zero-order valence-electron chi connectivity index (χ0n) is 13.7. The van der Waals surface area contributed by atoms with Gasteiger partial charge in [0.2, 0.25) is 0 Å². The summed E-state index contributed by atoms with van der Waals surface area (Å²) in [5.41, 5.74) is 0. The molecule has 24 heavy (non-hydrogen) atoms. The Hall–Kier alpha value is -2.20. The van der Waals surface area contributed by atoms with Crippen LogP contribution in [0.4, 0.5) is 0 Å². The first kappa shape index (κ1) is 19.8. The third-order valence-corrected chi connectivity index (χ3v) is 2.95. The quantitative estimate of drug-likeness (QED) is 0.501. The van der Waals surface area contributed by atoms with Gasteiger partial charge in [0.25, 0.3) is 0 Å². The molecule has 0 unspecified atom stereocenters. The molecule has 0 aromatic carbocycles. The van der Waals surface area contributed by atoms with Crippen molar-refractivity contribution < 1.29 is 48.0 Å². The van der Waals surface area contributed by atoms with Crippen LogP contribution in [-0.2, 0) is 42.9 Å². The van der Waals surface area contributed by atoms with Crippen LogP contribution in [-0.4, -0.2) is 66.3 Å². The van der Waals surface area contributed by atoms with Crippen LogP contribution >= 0.6 is 0 Å². The summed E-state index contributed by atoms with van der Waals surface area (Å²) in [6, 6.07) is 0. The van der Waals surface area contributed by atoms with Crippen LogP contribution in [0.15, 0.2) is 0 Å². The first-order chi connectivity index (χ1) is 11.1. The molecule has 10 heteroatoms. The predicted octanol–water partition coefficient (Wildman–Crippen LogP) is -0.938. The van der Waals surface area contributed by atoms with Crippen molar-refractivity contribution in [3.05, 3.63) is 0 Å². The van der Waals surface area contributed by atoms with E-state index < -0.39 is 54.6 Å². The normalized spacial score (nSPS) is 29.8. The maximum absolute atomic E-state index is 11.4. The van der Waals surface area contributed by atoms with E-state index in [9.17, 15) is 24.3 Å². The SMILES string of the molecule is CC(=O)O[C@@H]1[C@@H](OC(C)=O)[C@@H](O)OC[C@@H](OC(C)=O)[C@H]1OC(C)=O. The molecule has 136 valence electrons. The molecule has 0 bridgehead atoms. The van der Waals surface area contributed by atoms with Crippen LogP contribution in [0.3, 0.4) is 0 Å². The lowest BCUT2D eigenvalue weighted by molar-refractivity contribution is -0.214. The molecule has 0 amide bonds. The number of aliphatic hydroxyl groups is 1. The van der Waals surface area contributed by atoms with Gasteiger partial charge < -0.3 is 28.8 Å². The second-order valence-electron chi connectivity index (χ2n) is 5.09. The standard InChI is InChI=1S/C14H20O10/c1-6(15)21-10-5-20-14(19)13(24-9(4)18)12(23-8(3)17)11(10)22-7(2)16/h10-14,19H,5H2,1-4H3/t10-,11-,12+,13-,14+/m1/s1. The van der Waals surface area contributed by atoms with Crippen molar-refractivity contribution >= 4 is 23.9 Å². The number of rotatable bonds is 4. The maximum atomic E-state index is 11.4. The van der Waals surface area contributed by atoms with Gasteiger partial charge in [-0.2, -0.15) is 0 Å². The van der Waals surface area contributed by atoms with Crippen LogP contribution in [0.1, 0.15) is 27.7 Å². The minimum atomic E-state index is -1.68. The Kier molecular flexibility index (Phi) is 7.11. The third kappa shape index (κ3) is 5.78. The van der Waals surface area contributed by atoms with E-state index in [2.05, 4.69) is 0 Å². The summed E-state index contributed by atoms with van der Waals surface area (Å²) in [7, 11) is 0. The van der Waals surface area contributed by atoms with Crippen molar-refractivity contribution in [2.75, 3.05) is 6.61 Å². The molecule has 0 spiro atoms. The van der Waals surface area contributed by atoms with E-state index >= 15 is 0 Å². The van der Waals surface area contributed by atoms with Crippen molar-refractivity contribution in [2.45, 2.75) is 58.4 Å². The number of esters is 4. The van der Waals surface area contributed by atoms with Gasteiger partial charge >= 0.3 is 23.9 Å². The zero-order chi connectivity index (χ0) is 18.4. The lowest BCUT2D eigenvalue weighted by Gasteiger charge is -2.32. The predicted molar refractivity (Wildman–Crippen MR) is 74.2 cm³/mol. The van der Waals surface area contributed by atoms with E-state index in [4.69, 9.17) is 23.7 Å². The van der Waals surface area contributed by atoms with Crippen molar-refractivity contribution in [1.82, 2.24) is 0 Å². The van der Waals surface area contributed by atoms with Crippen molar-refractivity contribution in [3.63, 3.8) is 0 Å². The molecule has 1 fully saturated rings. The Morgan fingerprint density at radius 2 is 1.17 bits per heavy atom. The first-order valence-electron chi connectivity index (χ1n) is 7.10. The molecule has 0 aromatic heterocycles. The average Bonchev–Trinajstić information content (AvgIpc) is 2.52. The monoisotopic (exact) mass is 348 g/mol. The Labute approximate surface area is 137 Å². The number of carbonyl (C=O) groups is 4. The van der Waals surface area contributed by atoms with Gasteiger partial charge in [0.05, 0.1) is 6.61 Å². The Balaban J connectivity index is 3.25. The van der Waals surface area contributed by atoms with Crippen molar-refractivity contribution in [2.24, 2.45) is 0 Å². The number of hydrogen-bond acceptors (Lipinski definition) is 10. The third-order valence-electron chi connectivity index (χ3n) is 2.95. The molecular formula is C14H20O10. The van der Waals surface area contributed by atoms with Gasteiger partial charge in [-0.3, -0.25) is 19.2 Å². The maximum Gasteiger partial charge on any atom is 0.303 e. The second-order valence-corrected chi connectivity index (χ2v) is 5.09. The molecule has 0 aliphatic carbocycles. The number of ether oxygens (including phenoxy) is 5. The van der Waals surface area contributed by atoms with Crippen molar-refractivity contribution in [3.8, 4) is 0 Å². The van der Waals surface area contributed by atoms with Crippen LogP contribution in [0, 0.1) is 0 Å². The molecule has 0 saturated carbocycles. The van der Waals surface area contributed by atoms with Gasteiger partial charge in [0.15, 0.2) is 30.7 Å². The highest BCUT2D eigenvalue weighted by Gasteiger charge is 2.49. The molecule has 0 aromatic rings. The Morgan fingerprint density at radius 3 is 1.62 bits per heavy atom. The zero-order valence-corrected chi connectivity index (χ0v) is 13.7.